The molecule has 19 heavy (non-hydrogen) atoms. The van der Waals surface area contributed by atoms with Crippen molar-refractivity contribution < 1.29 is 0 Å². The molecule has 0 atom stereocenters. The Labute approximate surface area is 120 Å². The Morgan fingerprint density at radius 3 is 2.79 bits per heavy atom. The van der Waals surface area contributed by atoms with Gasteiger partial charge in [0.15, 0.2) is 10.6 Å². The minimum atomic E-state index is 0.675. The first-order chi connectivity index (χ1) is 9.34. The maximum Gasteiger partial charge on any atom is 0.195 e. The van der Waals surface area contributed by atoms with Crippen molar-refractivity contribution in [3.05, 3.63) is 57.5 Å². The average molecular weight is 287 g/mol. The maximum atomic E-state index is 5.32. The number of hydrogen-bond donors (Lipinski definition) is 1. The van der Waals surface area contributed by atoms with E-state index in [9.17, 15) is 0 Å². The molecule has 3 rings (SSSR count). The number of nitrogens with zero attached hydrogens (tertiary/aromatic N) is 2. The van der Waals surface area contributed by atoms with Crippen LogP contribution < -0.4 is 0 Å². The zero-order chi connectivity index (χ0) is 13.1. The second kappa shape index (κ2) is 5.50. The molecule has 0 spiro atoms. The molecule has 0 bridgehead atoms. The van der Waals surface area contributed by atoms with E-state index < -0.39 is 0 Å². The van der Waals surface area contributed by atoms with E-state index in [-0.39, 0.29) is 0 Å². The molecule has 2 aromatic heterocycles. The number of benzene rings is 1. The lowest BCUT2D eigenvalue weighted by atomic mass is 10.2. The van der Waals surface area contributed by atoms with E-state index in [0.29, 0.717) is 4.77 Å². The fourth-order valence-electron chi connectivity index (χ4n) is 2.01. The summed E-state index contributed by atoms with van der Waals surface area (Å²) in [5.41, 5.74) is 2.42. The third-order valence-corrected chi connectivity index (χ3v) is 4.04. The van der Waals surface area contributed by atoms with E-state index in [1.165, 1.54) is 5.56 Å². The van der Waals surface area contributed by atoms with Crippen molar-refractivity contribution in [2.75, 3.05) is 0 Å². The SMILES string of the molecule is S=c1[nH]nc(-c2ccccc2)n1CCc1ccsc1. The average Bonchev–Trinajstić information content (AvgIpc) is 3.07. The molecule has 0 amide bonds. The first kappa shape index (κ1) is 12.3. The summed E-state index contributed by atoms with van der Waals surface area (Å²) in [5.74, 6) is 0.904. The second-order valence-corrected chi connectivity index (χ2v) is 5.42. The van der Waals surface area contributed by atoms with Crippen LogP contribution in [0.1, 0.15) is 5.56 Å². The van der Waals surface area contributed by atoms with Crippen LogP contribution in [0.25, 0.3) is 11.4 Å². The molecule has 5 heteroatoms. The van der Waals surface area contributed by atoms with E-state index in [0.717, 1.165) is 24.4 Å². The van der Waals surface area contributed by atoms with Crippen LogP contribution in [0.5, 0.6) is 0 Å². The lowest BCUT2D eigenvalue weighted by Crippen LogP contribution is -2.03. The monoisotopic (exact) mass is 287 g/mol. The molecule has 1 N–H and O–H groups in total. The molecule has 0 aliphatic carbocycles. The van der Waals surface area contributed by atoms with Crippen LogP contribution in [0.3, 0.4) is 0 Å². The molecular formula is C14H13N3S2. The van der Waals surface area contributed by atoms with Gasteiger partial charge in [-0.25, -0.2) is 0 Å². The topological polar surface area (TPSA) is 33.6 Å². The van der Waals surface area contributed by atoms with Gasteiger partial charge in [0.1, 0.15) is 0 Å². The third kappa shape index (κ3) is 2.67. The minimum absolute atomic E-state index is 0.675. The normalized spacial score (nSPS) is 10.7. The Morgan fingerprint density at radius 1 is 1.21 bits per heavy atom. The van der Waals surface area contributed by atoms with Gasteiger partial charge in [-0.15, -0.1) is 0 Å². The Hall–Kier alpha value is -1.72. The highest BCUT2D eigenvalue weighted by Crippen LogP contribution is 2.17. The Balaban J connectivity index is 1.89. The molecule has 0 radical (unpaired) electrons. The van der Waals surface area contributed by atoms with Gasteiger partial charge in [0.05, 0.1) is 0 Å². The maximum absolute atomic E-state index is 5.32. The molecule has 3 aromatic rings. The lowest BCUT2D eigenvalue weighted by Gasteiger charge is -2.06. The van der Waals surface area contributed by atoms with Crippen LogP contribution in [0.15, 0.2) is 47.2 Å². The highest BCUT2D eigenvalue weighted by atomic mass is 32.1. The molecule has 0 saturated carbocycles. The van der Waals surface area contributed by atoms with E-state index in [1.807, 2.05) is 30.3 Å². The summed E-state index contributed by atoms with van der Waals surface area (Å²) >= 11 is 7.04. The molecule has 0 unspecified atom stereocenters. The number of nitrogens with one attached hydrogen (secondary N) is 1. The van der Waals surface area contributed by atoms with Crippen LogP contribution in [-0.4, -0.2) is 14.8 Å². The summed E-state index contributed by atoms with van der Waals surface area (Å²) in [4.78, 5) is 0. The van der Waals surface area contributed by atoms with Crippen molar-refractivity contribution in [3.8, 4) is 11.4 Å². The molecule has 1 aromatic carbocycles. The quantitative estimate of drug-likeness (QED) is 0.738. The molecule has 96 valence electrons. The number of thiophene rings is 1. The lowest BCUT2D eigenvalue weighted by molar-refractivity contribution is 0.693. The summed E-state index contributed by atoms with van der Waals surface area (Å²) < 4.78 is 2.73. The predicted molar refractivity (Wildman–Crippen MR) is 80.9 cm³/mol. The van der Waals surface area contributed by atoms with Crippen molar-refractivity contribution in [2.45, 2.75) is 13.0 Å². The van der Waals surface area contributed by atoms with Crippen molar-refractivity contribution in [1.82, 2.24) is 14.8 Å². The molecule has 2 heterocycles. The number of hydrogen-bond acceptors (Lipinski definition) is 3. The Kier molecular flexibility index (Phi) is 3.57. The summed E-state index contributed by atoms with van der Waals surface area (Å²) in [6, 6.07) is 12.3. The summed E-state index contributed by atoms with van der Waals surface area (Å²) in [6.45, 7) is 0.844. The number of aromatic amines is 1. The van der Waals surface area contributed by atoms with E-state index >= 15 is 0 Å². The zero-order valence-electron chi connectivity index (χ0n) is 10.2. The number of H-pyrrole nitrogens is 1. The first-order valence-corrected chi connectivity index (χ1v) is 7.41. The Morgan fingerprint density at radius 2 is 2.05 bits per heavy atom. The van der Waals surface area contributed by atoms with Gasteiger partial charge in [-0.05, 0) is 41.0 Å². The van der Waals surface area contributed by atoms with Gasteiger partial charge in [0.25, 0.3) is 0 Å². The van der Waals surface area contributed by atoms with Crippen LogP contribution in [0.4, 0.5) is 0 Å². The number of aryl methyl sites for hydroxylation is 1. The fourth-order valence-corrected chi connectivity index (χ4v) is 2.94. The molecule has 0 fully saturated rings. The van der Waals surface area contributed by atoms with Crippen molar-refractivity contribution in [2.24, 2.45) is 0 Å². The third-order valence-electron chi connectivity index (χ3n) is 2.99. The van der Waals surface area contributed by atoms with Crippen LogP contribution >= 0.6 is 23.6 Å². The van der Waals surface area contributed by atoms with Gasteiger partial charge < -0.3 is 0 Å². The highest BCUT2D eigenvalue weighted by molar-refractivity contribution is 7.71. The highest BCUT2D eigenvalue weighted by Gasteiger charge is 2.08. The molecule has 0 saturated heterocycles. The van der Waals surface area contributed by atoms with Crippen LogP contribution in [0, 0.1) is 4.77 Å². The van der Waals surface area contributed by atoms with Gasteiger partial charge in [0.2, 0.25) is 0 Å². The van der Waals surface area contributed by atoms with Crippen molar-refractivity contribution >= 4 is 23.6 Å². The number of rotatable bonds is 4. The molecule has 0 aliphatic heterocycles. The zero-order valence-corrected chi connectivity index (χ0v) is 11.9. The summed E-state index contributed by atoms with van der Waals surface area (Å²) in [6.07, 6.45) is 0.969. The van der Waals surface area contributed by atoms with Gasteiger partial charge >= 0.3 is 0 Å². The van der Waals surface area contributed by atoms with E-state index in [1.54, 1.807) is 11.3 Å². The largest absolute Gasteiger partial charge is 0.300 e. The summed E-state index contributed by atoms with van der Waals surface area (Å²) in [7, 11) is 0. The molecule has 3 nitrogen and oxygen atoms in total. The van der Waals surface area contributed by atoms with Crippen LogP contribution in [0.2, 0.25) is 0 Å². The molecule has 0 aliphatic rings. The van der Waals surface area contributed by atoms with E-state index in [2.05, 4.69) is 31.6 Å². The van der Waals surface area contributed by atoms with Gasteiger partial charge in [0, 0.05) is 12.1 Å². The smallest absolute Gasteiger partial charge is 0.195 e. The van der Waals surface area contributed by atoms with E-state index in [4.69, 9.17) is 12.2 Å². The standard InChI is InChI=1S/C14H13N3S2/c18-14-16-15-13(12-4-2-1-3-5-12)17(14)8-6-11-7-9-19-10-11/h1-5,7,9-10H,6,8H2,(H,16,18). The van der Waals surface area contributed by atoms with Crippen molar-refractivity contribution in [3.63, 3.8) is 0 Å². The Bertz CT molecular complexity index is 696. The summed E-state index contributed by atoms with van der Waals surface area (Å²) in [5, 5.41) is 11.5. The van der Waals surface area contributed by atoms with Gasteiger partial charge in [-0.2, -0.15) is 16.4 Å². The first-order valence-electron chi connectivity index (χ1n) is 6.06. The fraction of sp³-hybridized carbons (Fsp3) is 0.143. The molecular weight excluding hydrogens is 274 g/mol. The van der Waals surface area contributed by atoms with Gasteiger partial charge in [-0.1, -0.05) is 30.3 Å². The predicted octanol–water partition coefficient (Wildman–Crippen LogP) is 3.91. The number of aromatic nitrogens is 3. The van der Waals surface area contributed by atoms with Gasteiger partial charge in [-0.3, -0.25) is 9.67 Å². The van der Waals surface area contributed by atoms with Crippen LogP contribution in [-0.2, 0) is 13.0 Å². The second-order valence-electron chi connectivity index (χ2n) is 4.25. The minimum Gasteiger partial charge on any atom is -0.300 e. The van der Waals surface area contributed by atoms with Crippen molar-refractivity contribution in [1.29, 1.82) is 0 Å².